The number of nitrogens with one attached hydrogen (secondary N) is 1. The summed E-state index contributed by atoms with van der Waals surface area (Å²) in [6.45, 7) is 0. The average molecular weight is 282 g/mol. The van der Waals surface area contributed by atoms with E-state index in [-0.39, 0.29) is 11.4 Å². The lowest BCUT2D eigenvalue weighted by molar-refractivity contribution is 0.102. The fourth-order valence-corrected chi connectivity index (χ4v) is 1.59. The fourth-order valence-electron chi connectivity index (χ4n) is 1.59. The van der Waals surface area contributed by atoms with Crippen LogP contribution in [0.1, 0.15) is 10.4 Å². The molecule has 0 bridgehead atoms. The quantitative estimate of drug-likeness (QED) is 0.741. The van der Waals surface area contributed by atoms with Crippen LogP contribution in [0.2, 0.25) is 0 Å². The minimum absolute atomic E-state index is 0.324. The van der Waals surface area contributed by atoms with Crippen LogP contribution in [0.4, 0.5) is 24.5 Å². The van der Waals surface area contributed by atoms with Crippen molar-refractivity contribution in [3.63, 3.8) is 0 Å². The third-order valence-corrected chi connectivity index (χ3v) is 2.52. The van der Waals surface area contributed by atoms with Crippen LogP contribution in [0.3, 0.4) is 0 Å². The highest BCUT2D eigenvalue weighted by Crippen LogP contribution is 2.25. The van der Waals surface area contributed by atoms with Crippen LogP contribution in [-0.2, 0) is 0 Å². The van der Waals surface area contributed by atoms with Crippen molar-refractivity contribution < 1.29 is 23.1 Å². The number of phenolic OH excluding ortho intramolecular Hbond substituents is 1. The second kappa shape index (κ2) is 5.12. The zero-order chi connectivity index (χ0) is 14.9. The van der Waals surface area contributed by atoms with E-state index >= 15 is 0 Å². The Morgan fingerprint density at radius 3 is 2.40 bits per heavy atom. The lowest BCUT2D eigenvalue weighted by Gasteiger charge is -2.10. The second-order valence-electron chi connectivity index (χ2n) is 3.97. The molecule has 2 rings (SSSR count). The van der Waals surface area contributed by atoms with Gasteiger partial charge in [-0.1, -0.05) is 0 Å². The molecule has 0 heterocycles. The summed E-state index contributed by atoms with van der Waals surface area (Å²) in [7, 11) is 0. The van der Waals surface area contributed by atoms with E-state index in [1.165, 1.54) is 0 Å². The van der Waals surface area contributed by atoms with E-state index in [4.69, 9.17) is 10.8 Å². The summed E-state index contributed by atoms with van der Waals surface area (Å²) in [5.41, 5.74) is 4.21. The first-order chi connectivity index (χ1) is 9.38. The van der Waals surface area contributed by atoms with Crippen LogP contribution in [0, 0.1) is 17.5 Å². The van der Waals surface area contributed by atoms with Gasteiger partial charge in [0.15, 0.2) is 5.82 Å². The summed E-state index contributed by atoms with van der Waals surface area (Å²) in [6.07, 6.45) is 0. The molecule has 0 atom stereocenters. The van der Waals surface area contributed by atoms with Gasteiger partial charge >= 0.3 is 0 Å². The highest BCUT2D eigenvalue weighted by molar-refractivity contribution is 6.06. The number of halogens is 3. The number of rotatable bonds is 2. The summed E-state index contributed by atoms with van der Waals surface area (Å²) < 4.78 is 39.8. The van der Waals surface area contributed by atoms with Crippen molar-refractivity contribution in [1.82, 2.24) is 0 Å². The molecule has 0 aliphatic carbocycles. The van der Waals surface area contributed by atoms with Crippen LogP contribution >= 0.6 is 0 Å². The smallest absolute Gasteiger partial charge is 0.258 e. The maximum atomic E-state index is 13.5. The Bertz CT molecular complexity index is 666. The van der Waals surface area contributed by atoms with Crippen molar-refractivity contribution >= 4 is 17.3 Å². The zero-order valence-corrected chi connectivity index (χ0v) is 9.95. The normalized spacial score (nSPS) is 10.3. The first-order valence-corrected chi connectivity index (χ1v) is 5.43. The molecule has 0 aliphatic heterocycles. The Morgan fingerprint density at radius 1 is 1.10 bits per heavy atom. The molecule has 0 aliphatic rings. The lowest BCUT2D eigenvalue weighted by atomic mass is 10.1. The van der Waals surface area contributed by atoms with Crippen molar-refractivity contribution in [2.75, 3.05) is 11.1 Å². The van der Waals surface area contributed by atoms with Gasteiger partial charge in [-0.05, 0) is 18.2 Å². The molecule has 0 radical (unpaired) electrons. The molecule has 104 valence electrons. The second-order valence-corrected chi connectivity index (χ2v) is 3.97. The summed E-state index contributed by atoms with van der Waals surface area (Å²) in [4.78, 5) is 11.8. The number of aromatic hydroxyl groups is 1. The Balaban J connectivity index is 2.33. The van der Waals surface area contributed by atoms with Gasteiger partial charge in [0.05, 0.1) is 11.3 Å². The Kier molecular flexibility index (Phi) is 3.51. The topological polar surface area (TPSA) is 75.3 Å². The van der Waals surface area contributed by atoms with E-state index in [0.29, 0.717) is 6.07 Å². The van der Waals surface area contributed by atoms with Crippen molar-refractivity contribution in [3.05, 3.63) is 53.3 Å². The Hall–Kier alpha value is -2.70. The lowest BCUT2D eigenvalue weighted by Crippen LogP contribution is -2.16. The number of phenols is 1. The van der Waals surface area contributed by atoms with Crippen LogP contribution in [0.25, 0.3) is 0 Å². The number of carbonyl (C=O) groups excluding carboxylic acids is 1. The van der Waals surface area contributed by atoms with Gasteiger partial charge in [0.1, 0.15) is 23.1 Å². The predicted octanol–water partition coefficient (Wildman–Crippen LogP) is 2.64. The van der Waals surface area contributed by atoms with Gasteiger partial charge in [-0.25, -0.2) is 13.2 Å². The molecular formula is C13H9F3N2O2. The molecule has 0 fully saturated rings. The minimum Gasteiger partial charge on any atom is -0.508 e. The van der Waals surface area contributed by atoms with Crippen LogP contribution < -0.4 is 11.1 Å². The number of amides is 1. The van der Waals surface area contributed by atoms with Gasteiger partial charge in [-0.3, -0.25) is 4.79 Å². The van der Waals surface area contributed by atoms with E-state index < -0.39 is 34.6 Å². The van der Waals surface area contributed by atoms with E-state index in [2.05, 4.69) is 5.32 Å². The monoisotopic (exact) mass is 282 g/mol. The van der Waals surface area contributed by atoms with Gasteiger partial charge in [0, 0.05) is 12.1 Å². The third-order valence-electron chi connectivity index (χ3n) is 2.52. The number of benzene rings is 2. The van der Waals surface area contributed by atoms with Gasteiger partial charge < -0.3 is 16.2 Å². The van der Waals surface area contributed by atoms with Gasteiger partial charge in [-0.2, -0.15) is 0 Å². The molecule has 0 aromatic heterocycles. The highest BCUT2D eigenvalue weighted by atomic mass is 19.1. The number of nitrogens with two attached hydrogens (primary N) is 1. The molecule has 7 heteroatoms. The zero-order valence-electron chi connectivity index (χ0n) is 9.95. The number of anilines is 2. The summed E-state index contributed by atoms with van der Waals surface area (Å²) in [5, 5.41) is 11.1. The molecule has 1 amide bonds. The number of carbonyl (C=O) groups is 1. The van der Waals surface area contributed by atoms with Crippen LogP contribution in [0.15, 0.2) is 30.3 Å². The summed E-state index contributed by atoms with van der Waals surface area (Å²) in [6, 6.07) is 4.23. The molecular weight excluding hydrogens is 273 g/mol. The highest BCUT2D eigenvalue weighted by Gasteiger charge is 2.16. The number of hydrogen-bond acceptors (Lipinski definition) is 3. The van der Waals surface area contributed by atoms with Crippen molar-refractivity contribution in [1.29, 1.82) is 0 Å². The van der Waals surface area contributed by atoms with E-state index in [9.17, 15) is 18.0 Å². The standard InChI is InChI=1S/C13H9F3N2O2/c14-6-3-10(16)12(11(17)4-6)18-13(20)8-2-1-7(19)5-9(8)15/h1-5,19H,17H2,(H,18,20). The first-order valence-electron chi connectivity index (χ1n) is 5.43. The molecule has 2 aromatic rings. The Labute approximate surface area is 111 Å². The summed E-state index contributed by atoms with van der Waals surface area (Å²) >= 11 is 0. The first kappa shape index (κ1) is 13.7. The number of hydrogen-bond donors (Lipinski definition) is 3. The van der Waals surface area contributed by atoms with E-state index in [0.717, 1.165) is 24.3 Å². The van der Waals surface area contributed by atoms with E-state index in [1.807, 2.05) is 0 Å². The molecule has 0 spiro atoms. The predicted molar refractivity (Wildman–Crippen MR) is 66.8 cm³/mol. The third kappa shape index (κ3) is 2.66. The Morgan fingerprint density at radius 2 is 1.80 bits per heavy atom. The minimum atomic E-state index is -1.07. The van der Waals surface area contributed by atoms with Gasteiger partial charge in [0.2, 0.25) is 0 Å². The molecule has 20 heavy (non-hydrogen) atoms. The van der Waals surface area contributed by atoms with E-state index in [1.54, 1.807) is 0 Å². The van der Waals surface area contributed by atoms with Crippen molar-refractivity contribution in [2.24, 2.45) is 0 Å². The number of nitrogen functional groups attached to an aromatic ring is 1. The fraction of sp³-hybridized carbons (Fsp3) is 0. The molecule has 0 unspecified atom stereocenters. The largest absolute Gasteiger partial charge is 0.508 e. The van der Waals surface area contributed by atoms with Crippen LogP contribution in [0.5, 0.6) is 5.75 Å². The molecule has 4 N–H and O–H groups in total. The SMILES string of the molecule is Nc1cc(F)cc(F)c1NC(=O)c1ccc(O)cc1F. The van der Waals surface area contributed by atoms with Crippen molar-refractivity contribution in [3.8, 4) is 5.75 Å². The maximum Gasteiger partial charge on any atom is 0.258 e. The van der Waals surface area contributed by atoms with Gasteiger partial charge in [-0.15, -0.1) is 0 Å². The van der Waals surface area contributed by atoms with Crippen molar-refractivity contribution in [2.45, 2.75) is 0 Å². The average Bonchev–Trinajstić information content (AvgIpc) is 2.33. The summed E-state index contributed by atoms with van der Waals surface area (Å²) in [5.74, 6) is -4.28. The molecule has 2 aromatic carbocycles. The molecule has 0 saturated heterocycles. The maximum absolute atomic E-state index is 13.5. The van der Waals surface area contributed by atoms with Crippen LogP contribution in [-0.4, -0.2) is 11.0 Å². The molecule has 4 nitrogen and oxygen atoms in total. The molecule has 0 saturated carbocycles. The van der Waals surface area contributed by atoms with Gasteiger partial charge in [0.25, 0.3) is 5.91 Å².